The molecule has 0 fully saturated rings. The number of hydrogen-bond donors (Lipinski definition) is 2. The van der Waals surface area contributed by atoms with Gasteiger partial charge in [0, 0.05) is 12.1 Å². The van der Waals surface area contributed by atoms with Gasteiger partial charge in [-0.2, -0.15) is 0 Å². The summed E-state index contributed by atoms with van der Waals surface area (Å²) in [6.07, 6.45) is 1.89. The molecule has 1 amide bonds. The molecular weight excluding hydrogens is 200 g/mol. The van der Waals surface area contributed by atoms with Crippen molar-refractivity contribution in [3.63, 3.8) is 0 Å². The van der Waals surface area contributed by atoms with E-state index in [-0.39, 0.29) is 5.91 Å². The molecule has 3 nitrogen and oxygen atoms in total. The number of unbranched alkanes of at least 4 members (excludes halogenated alkanes) is 1. The number of nitrogens with one attached hydrogen (secondary N) is 1. The Morgan fingerprint density at radius 2 is 2.06 bits per heavy atom. The van der Waals surface area contributed by atoms with Gasteiger partial charge in [-0.1, -0.05) is 12.1 Å². The van der Waals surface area contributed by atoms with Crippen LogP contribution in [-0.2, 0) is 0 Å². The van der Waals surface area contributed by atoms with E-state index in [4.69, 9.17) is 5.73 Å². The van der Waals surface area contributed by atoms with Crippen LogP contribution in [0.3, 0.4) is 0 Å². The van der Waals surface area contributed by atoms with Crippen molar-refractivity contribution in [2.24, 2.45) is 5.73 Å². The van der Waals surface area contributed by atoms with E-state index in [0.717, 1.165) is 29.5 Å². The van der Waals surface area contributed by atoms with Gasteiger partial charge in [0.05, 0.1) is 0 Å². The van der Waals surface area contributed by atoms with Gasteiger partial charge >= 0.3 is 0 Å². The largest absolute Gasteiger partial charge is 0.352 e. The van der Waals surface area contributed by atoms with Gasteiger partial charge in [0.1, 0.15) is 0 Å². The average molecular weight is 220 g/mol. The smallest absolute Gasteiger partial charge is 0.251 e. The van der Waals surface area contributed by atoms with Crippen LogP contribution in [-0.4, -0.2) is 19.0 Å². The van der Waals surface area contributed by atoms with Crippen molar-refractivity contribution in [1.29, 1.82) is 0 Å². The first kappa shape index (κ1) is 12.7. The Hall–Kier alpha value is -1.35. The van der Waals surface area contributed by atoms with Crippen molar-refractivity contribution >= 4 is 5.91 Å². The summed E-state index contributed by atoms with van der Waals surface area (Å²) in [5.74, 6) is 0.0122. The zero-order chi connectivity index (χ0) is 12.0. The lowest BCUT2D eigenvalue weighted by Gasteiger charge is -2.09. The van der Waals surface area contributed by atoms with Crippen LogP contribution in [0.5, 0.6) is 0 Å². The van der Waals surface area contributed by atoms with E-state index < -0.39 is 0 Å². The van der Waals surface area contributed by atoms with E-state index in [1.807, 2.05) is 32.0 Å². The van der Waals surface area contributed by atoms with Gasteiger partial charge < -0.3 is 11.1 Å². The Bertz CT molecular complexity index is 361. The molecule has 0 aliphatic rings. The van der Waals surface area contributed by atoms with Crippen LogP contribution < -0.4 is 11.1 Å². The van der Waals surface area contributed by atoms with Crippen LogP contribution in [0.1, 0.15) is 34.3 Å². The molecule has 1 aromatic carbocycles. The first-order valence-corrected chi connectivity index (χ1v) is 5.71. The fraction of sp³-hybridized carbons (Fsp3) is 0.462. The van der Waals surface area contributed by atoms with Crippen molar-refractivity contribution in [2.75, 3.05) is 13.1 Å². The number of benzene rings is 1. The number of hydrogen-bond acceptors (Lipinski definition) is 2. The third-order valence-electron chi connectivity index (χ3n) is 2.77. The Morgan fingerprint density at radius 3 is 2.75 bits per heavy atom. The Morgan fingerprint density at radius 1 is 1.31 bits per heavy atom. The standard InChI is InChI=1S/C13H20N2O/c1-10-6-5-7-12(11(10)2)13(16)15-9-4-3-8-14/h5-7H,3-4,8-9,14H2,1-2H3,(H,15,16). The maximum Gasteiger partial charge on any atom is 0.251 e. The van der Waals surface area contributed by atoms with Crippen molar-refractivity contribution in [3.05, 3.63) is 34.9 Å². The lowest BCUT2D eigenvalue weighted by atomic mass is 10.0. The minimum absolute atomic E-state index is 0.0122. The topological polar surface area (TPSA) is 55.1 Å². The van der Waals surface area contributed by atoms with E-state index in [1.54, 1.807) is 0 Å². The summed E-state index contributed by atoms with van der Waals surface area (Å²) in [6.45, 7) is 5.37. The van der Waals surface area contributed by atoms with Crippen LogP contribution in [0.15, 0.2) is 18.2 Å². The molecule has 88 valence electrons. The number of carbonyl (C=O) groups excluding carboxylic acids is 1. The molecule has 3 N–H and O–H groups in total. The molecule has 0 heterocycles. The molecule has 0 aromatic heterocycles. The summed E-state index contributed by atoms with van der Waals surface area (Å²) in [4.78, 5) is 11.8. The Kier molecular flexibility index (Phi) is 4.99. The number of rotatable bonds is 5. The number of aryl methyl sites for hydroxylation is 1. The summed E-state index contributed by atoms with van der Waals surface area (Å²) in [5.41, 5.74) is 8.36. The third kappa shape index (κ3) is 3.35. The monoisotopic (exact) mass is 220 g/mol. The second kappa shape index (κ2) is 6.28. The van der Waals surface area contributed by atoms with E-state index in [9.17, 15) is 4.79 Å². The molecule has 3 heteroatoms. The van der Waals surface area contributed by atoms with Gasteiger partial charge in [0.2, 0.25) is 0 Å². The summed E-state index contributed by atoms with van der Waals surface area (Å²) in [5, 5.41) is 2.91. The van der Waals surface area contributed by atoms with Crippen molar-refractivity contribution in [3.8, 4) is 0 Å². The molecule has 16 heavy (non-hydrogen) atoms. The predicted octanol–water partition coefficient (Wildman–Crippen LogP) is 1.77. The zero-order valence-corrected chi connectivity index (χ0v) is 10.0. The normalized spacial score (nSPS) is 10.2. The number of carbonyl (C=O) groups is 1. The number of nitrogens with two attached hydrogens (primary N) is 1. The van der Waals surface area contributed by atoms with Gasteiger partial charge in [-0.15, -0.1) is 0 Å². The summed E-state index contributed by atoms with van der Waals surface area (Å²) in [7, 11) is 0. The lowest BCUT2D eigenvalue weighted by molar-refractivity contribution is 0.0952. The fourth-order valence-electron chi connectivity index (χ4n) is 1.56. The summed E-state index contributed by atoms with van der Waals surface area (Å²) < 4.78 is 0. The van der Waals surface area contributed by atoms with Gasteiger partial charge in [0.25, 0.3) is 5.91 Å². The maximum absolute atomic E-state index is 11.8. The SMILES string of the molecule is Cc1cccc(C(=O)NCCCCN)c1C. The van der Waals surface area contributed by atoms with Gasteiger partial charge in [-0.3, -0.25) is 4.79 Å². The molecule has 1 aromatic rings. The molecule has 0 saturated carbocycles. The highest BCUT2D eigenvalue weighted by Crippen LogP contribution is 2.12. The Labute approximate surface area is 97.0 Å². The van der Waals surface area contributed by atoms with Gasteiger partial charge in [-0.05, 0) is 50.4 Å². The quantitative estimate of drug-likeness (QED) is 0.743. The highest BCUT2D eigenvalue weighted by atomic mass is 16.1. The molecule has 0 saturated heterocycles. The molecule has 0 radical (unpaired) electrons. The Balaban J connectivity index is 2.56. The van der Waals surface area contributed by atoms with E-state index >= 15 is 0 Å². The van der Waals surface area contributed by atoms with Gasteiger partial charge in [-0.25, -0.2) is 0 Å². The first-order valence-electron chi connectivity index (χ1n) is 5.71. The van der Waals surface area contributed by atoms with E-state index in [1.165, 1.54) is 0 Å². The predicted molar refractivity (Wildman–Crippen MR) is 66.5 cm³/mol. The highest BCUT2D eigenvalue weighted by molar-refractivity contribution is 5.95. The van der Waals surface area contributed by atoms with E-state index in [2.05, 4.69) is 5.32 Å². The average Bonchev–Trinajstić information content (AvgIpc) is 2.28. The van der Waals surface area contributed by atoms with Crippen molar-refractivity contribution < 1.29 is 4.79 Å². The molecular formula is C13H20N2O. The molecule has 0 atom stereocenters. The van der Waals surface area contributed by atoms with E-state index in [0.29, 0.717) is 13.1 Å². The third-order valence-corrected chi connectivity index (χ3v) is 2.77. The van der Waals surface area contributed by atoms with Crippen LogP contribution >= 0.6 is 0 Å². The van der Waals surface area contributed by atoms with Crippen LogP contribution in [0, 0.1) is 13.8 Å². The lowest BCUT2D eigenvalue weighted by Crippen LogP contribution is -2.25. The molecule has 0 unspecified atom stereocenters. The second-order valence-electron chi connectivity index (χ2n) is 4.00. The van der Waals surface area contributed by atoms with Crippen LogP contribution in [0.4, 0.5) is 0 Å². The minimum atomic E-state index is 0.0122. The maximum atomic E-state index is 11.8. The van der Waals surface area contributed by atoms with Crippen molar-refractivity contribution in [1.82, 2.24) is 5.32 Å². The molecule has 1 rings (SSSR count). The number of amides is 1. The van der Waals surface area contributed by atoms with Gasteiger partial charge in [0.15, 0.2) is 0 Å². The summed E-state index contributed by atoms with van der Waals surface area (Å²) in [6, 6.07) is 5.79. The van der Waals surface area contributed by atoms with Crippen molar-refractivity contribution in [2.45, 2.75) is 26.7 Å². The molecule has 0 aliphatic heterocycles. The fourth-order valence-corrected chi connectivity index (χ4v) is 1.56. The molecule has 0 aliphatic carbocycles. The zero-order valence-electron chi connectivity index (χ0n) is 10.0. The first-order chi connectivity index (χ1) is 7.66. The highest BCUT2D eigenvalue weighted by Gasteiger charge is 2.08. The second-order valence-corrected chi connectivity index (χ2v) is 4.00. The summed E-state index contributed by atoms with van der Waals surface area (Å²) >= 11 is 0. The van der Waals surface area contributed by atoms with Crippen LogP contribution in [0.25, 0.3) is 0 Å². The molecule has 0 spiro atoms. The molecule has 0 bridgehead atoms. The minimum Gasteiger partial charge on any atom is -0.352 e. The van der Waals surface area contributed by atoms with Crippen LogP contribution in [0.2, 0.25) is 0 Å².